The number of nitrogens with one attached hydrogen (secondary N) is 1. The van der Waals surface area contributed by atoms with E-state index in [1.807, 2.05) is 31.2 Å². The minimum atomic E-state index is -1.00. The number of benzene rings is 1. The van der Waals surface area contributed by atoms with Gasteiger partial charge in [0.05, 0.1) is 0 Å². The highest BCUT2D eigenvalue weighted by atomic mass is 35.5. The molecule has 1 amide bonds. The normalized spacial score (nSPS) is 16.8. The monoisotopic (exact) mass is 407 g/mol. The van der Waals surface area contributed by atoms with Crippen molar-refractivity contribution in [1.29, 1.82) is 5.41 Å². The fraction of sp³-hybridized carbons (Fsp3) is 0.389. The van der Waals surface area contributed by atoms with Gasteiger partial charge >= 0.3 is 0 Å². The van der Waals surface area contributed by atoms with Gasteiger partial charge in [0.15, 0.2) is 5.70 Å². The first-order chi connectivity index (χ1) is 13.3. The molecule has 9 nitrogen and oxygen atoms in total. The van der Waals surface area contributed by atoms with Gasteiger partial charge in [-0.2, -0.15) is 0 Å². The maximum absolute atomic E-state index is 11.6. The topological polar surface area (TPSA) is 158 Å². The van der Waals surface area contributed by atoms with Crippen molar-refractivity contribution >= 4 is 34.3 Å². The van der Waals surface area contributed by atoms with Gasteiger partial charge in [0.1, 0.15) is 17.2 Å². The molecule has 0 spiro atoms. The second-order valence-corrected chi connectivity index (χ2v) is 6.70. The van der Waals surface area contributed by atoms with Crippen molar-refractivity contribution in [2.75, 3.05) is 18.1 Å². The lowest BCUT2D eigenvalue weighted by atomic mass is 10.1. The maximum Gasteiger partial charge on any atom is 0.271 e. The number of amides is 1. The van der Waals surface area contributed by atoms with Crippen LogP contribution in [0.15, 0.2) is 40.8 Å². The molecule has 1 aliphatic rings. The summed E-state index contributed by atoms with van der Waals surface area (Å²) in [7, 11) is 0. The van der Waals surface area contributed by atoms with Gasteiger partial charge in [-0.3, -0.25) is 15.1 Å². The van der Waals surface area contributed by atoms with Crippen LogP contribution >= 0.6 is 11.6 Å². The zero-order chi connectivity index (χ0) is 20.8. The number of hydrogen-bond acceptors (Lipinski definition) is 6. The fourth-order valence-corrected chi connectivity index (χ4v) is 2.99. The number of carbonyl (C=O) groups is 1. The van der Waals surface area contributed by atoms with E-state index in [0.717, 1.165) is 24.1 Å². The molecule has 0 saturated heterocycles. The van der Waals surface area contributed by atoms with Gasteiger partial charge in [-0.15, -0.1) is 0 Å². The number of primary amides is 1. The molecule has 8 N–H and O–H groups in total. The van der Waals surface area contributed by atoms with E-state index in [-0.39, 0.29) is 29.3 Å². The van der Waals surface area contributed by atoms with E-state index in [4.69, 9.17) is 39.3 Å². The van der Waals surface area contributed by atoms with E-state index in [1.165, 1.54) is 4.90 Å². The summed E-state index contributed by atoms with van der Waals surface area (Å²) in [6.45, 7) is 2.64. The Bertz CT molecular complexity index is 792. The lowest BCUT2D eigenvalue weighted by Crippen LogP contribution is -2.58. The quantitative estimate of drug-likeness (QED) is 0.329. The molecule has 0 aliphatic carbocycles. The van der Waals surface area contributed by atoms with Crippen LogP contribution in [-0.2, 0) is 11.2 Å². The van der Waals surface area contributed by atoms with E-state index in [2.05, 4.69) is 4.99 Å². The van der Waals surface area contributed by atoms with Crippen LogP contribution in [0.4, 0.5) is 5.69 Å². The Labute approximate surface area is 168 Å². The first kappa shape index (κ1) is 21.7. The number of aliphatic hydroxyl groups is 1. The molecule has 10 heteroatoms. The highest BCUT2D eigenvalue weighted by molar-refractivity contribution is 6.67. The molecule has 28 heavy (non-hydrogen) atoms. The Morgan fingerprint density at radius 3 is 2.57 bits per heavy atom. The standard InChI is InChI=1S/C18H26ClN7O2/c1-2-3-9-25(12-6-4-11(5-7-12)8-10-27)18(23)26-15(20)13(17(22)28)24-14(19)16(26)21/h4-7,16,23,27H,2-3,8-10,20-21H2,1H3,(H2,22,28). The van der Waals surface area contributed by atoms with Gasteiger partial charge in [0.2, 0.25) is 5.96 Å². The zero-order valence-electron chi connectivity index (χ0n) is 15.7. The highest BCUT2D eigenvalue weighted by Crippen LogP contribution is 2.24. The van der Waals surface area contributed by atoms with Crippen LogP contribution < -0.4 is 22.1 Å². The molecule has 0 saturated carbocycles. The van der Waals surface area contributed by atoms with Crippen LogP contribution in [0.1, 0.15) is 25.3 Å². The largest absolute Gasteiger partial charge is 0.396 e. The minimum absolute atomic E-state index is 0.0415. The van der Waals surface area contributed by atoms with Crippen LogP contribution in [0.2, 0.25) is 0 Å². The summed E-state index contributed by atoms with van der Waals surface area (Å²) in [5, 5.41) is 17.7. The van der Waals surface area contributed by atoms with Crippen molar-refractivity contribution in [3.63, 3.8) is 0 Å². The summed E-state index contributed by atoms with van der Waals surface area (Å²) in [6, 6.07) is 7.48. The predicted octanol–water partition coefficient (Wildman–Crippen LogP) is 0.613. The Hall–Kier alpha value is -2.62. The summed E-state index contributed by atoms with van der Waals surface area (Å²) in [6.07, 6.45) is 1.28. The van der Waals surface area contributed by atoms with Gasteiger partial charge in [-0.05, 0) is 30.5 Å². The molecule has 0 aromatic heterocycles. The van der Waals surface area contributed by atoms with Crippen LogP contribution in [0.25, 0.3) is 0 Å². The van der Waals surface area contributed by atoms with Crippen molar-refractivity contribution < 1.29 is 9.90 Å². The van der Waals surface area contributed by atoms with E-state index in [1.54, 1.807) is 4.90 Å². The molecule has 0 fully saturated rings. The molecule has 1 aromatic rings. The summed E-state index contributed by atoms with van der Waals surface area (Å²) in [4.78, 5) is 18.5. The van der Waals surface area contributed by atoms with Crippen LogP contribution in [0.3, 0.4) is 0 Å². The van der Waals surface area contributed by atoms with Crippen molar-refractivity contribution in [2.24, 2.45) is 22.2 Å². The van der Waals surface area contributed by atoms with Crippen molar-refractivity contribution in [1.82, 2.24) is 4.90 Å². The van der Waals surface area contributed by atoms with E-state index in [9.17, 15) is 4.79 Å². The third kappa shape index (κ3) is 4.61. The number of anilines is 1. The molecule has 0 radical (unpaired) electrons. The number of nitrogens with zero attached hydrogens (tertiary/aromatic N) is 3. The Morgan fingerprint density at radius 2 is 2.04 bits per heavy atom. The first-order valence-electron chi connectivity index (χ1n) is 8.96. The molecular formula is C18H26ClN7O2. The Morgan fingerprint density at radius 1 is 1.39 bits per heavy atom. The molecule has 1 heterocycles. The fourth-order valence-electron chi connectivity index (χ4n) is 2.80. The third-order valence-electron chi connectivity index (χ3n) is 4.34. The first-order valence-corrected chi connectivity index (χ1v) is 9.33. The summed E-state index contributed by atoms with van der Waals surface area (Å²) < 4.78 is 0. The molecular weight excluding hydrogens is 382 g/mol. The SMILES string of the molecule is CCCCN(C(=N)N1C(N)=C(C(N)=O)N=C(Cl)C1N)c1ccc(CCO)cc1. The van der Waals surface area contributed by atoms with E-state index < -0.39 is 12.1 Å². The zero-order valence-corrected chi connectivity index (χ0v) is 16.5. The molecule has 0 bridgehead atoms. The van der Waals surface area contributed by atoms with Crippen LogP contribution in [0.5, 0.6) is 0 Å². The van der Waals surface area contributed by atoms with Gasteiger partial charge in [0, 0.05) is 18.8 Å². The predicted molar refractivity (Wildman–Crippen MR) is 111 cm³/mol. The van der Waals surface area contributed by atoms with E-state index in [0.29, 0.717) is 13.0 Å². The second kappa shape index (κ2) is 9.54. The third-order valence-corrected chi connectivity index (χ3v) is 4.65. The van der Waals surface area contributed by atoms with Crippen LogP contribution in [-0.4, -0.2) is 46.4 Å². The van der Waals surface area contributed by atoms with Crippen LogP contribution in [0, 0.1) is 5.41 Å². The van der Waals surface area contributed by atoms with Gasteiger partial charge in [-0.25, -0.2) is 4.99 Å². The molecule has 1 aliphatic heterocycles. The number of rotatable bonds is 7. The van der Waals surface area contributed by atoms with Crippen molar-refractivity contribution in [2.45, 2.75) is 32.4 Å². The number of guanidine groups is 1. The van der Waals surface area contributed by atoms with Crippen molar-refractivity contribution in [3.8, 4) is 0 Å². The van der Waals surface area contributed by atoms with Gasteiger partial charge in [-0.1, -0.05) is 37.1 Å². The summed E-state index contributed by atoms with van der Waals surface area (Å²) in [5.41, 5.74) is 19.0. The van der Waals surface area contributed by atoms with Gasteiger partial charge < -0.3 is 27.2 Å². The molecule has 2 rings (SSSR count). The highest BCUT2D eigenvalue weighted by Gasteiger charge is 2.34. The number of aliphatic hydroxyl groups excluding tert-OH is 1. The molecule has 152 valence electrons. The number of carbonyl (C=O) groups excluding carboxylic acids is 1. The number of hydrogen-bond donors (Lipinski definition) is 5. The minimum Gasteiger partial charge on any atom is -0.396 e. The summed E-state index contributed by atoms with van der Waals surface area (Å²) >= 11 is 6.07. The molecule has 1 unspecified atom stereocenters. The van der Waals surface area contributed by atoms with E-state index >= 15 is 0 Å². The maximum atomic E-state index is 11.6. The number of aliphatic imine (C=N–C) groups is 1. The smallest absolute Gasteiger partial charge is 0.271 e. The van der Waals surface area contributed by atoms with Gasteiger partial charge in [0.25, 0.3) is 5.91 Å². The number of unbranched alkanes of at least 4 members (excludes halogenated alkanes) is 1. The van der Waals surface area contributed by atoms with Crippen molar-refractivity contribution in [3.05, 3.63) is 41.3 Å². The average molecular weight is 408 g/mol. The average Bonchev–Trinajstić information content (AvgIpc) is 2.66. The Balaban J connectivity index is 2.41. The number of nitrogens with two attached hydrogens (primary N) is 3. The summed E-state index contributed by atoms with van der Waals surface area (Å²) in [5.74, 6) is -1.01. The molecule has 1 atom stereocenters. The Kier molecular flexibility index (Phi) is 7.38. The number of halogens is 1. The lowest BCUT2D eigenvalue weighted by molar-refractivity contribution is -0.114. The molecule has 1 aromatic carbocycles. The lowest BCUT2D eigenvalue weighted by Gasteiger charge is -2.38. The second-order valence-electron chi connectivity index (χ2n) is 6.32.